The van der Waals surface area contributed by atoms with Crippen LogP contribution in [0.4, 0.5) is 8.78 Å². The number of hydrogen-bond acceptors (Lipinski definition) is 6. The van der Waals surface area contributed by atoms with Gasteiger partial charge in [0.15, 0.2) is 5.54 Å². The number of halogens is 2. The van der Waals surface area contributed by atoms with Crippen molar-refractivity contribution in [3.8, 4) is 17.2 Å². The molecule has 5 atom stereocenters. The maximum absolute atomic E-state index is 14.8. The average Bonchev–Trinajstić information content (AvgIpc) is 3.03. The summed E-state index contributed by atoms with van der Waals surface area (Å²) in [5, 5.41) is 19.0. The molecule has 166 valence electrons. The molecule has 2 aliphatic rings. The Kier molecular flexibility index (Phi) is 5.57. The lowest BCUT2D eigenvalue weighted by Crippen LogP contribution is -2.64. The fourth-order valence-corrected chi connectivity index (χ4v) is 4.99. The van der Waals surface area contributed by atoms with Gasteiger partial charge in [0.2, 0.25) is 0 Å². The van der Waals surface area contributed by atoms with Gasteiger partial charge in [0.25, 0.3) is 5.92 Å². The Morgan fingerprint density at radius 1 is 1.28 bits per heavy atom. The van der Waals surface area contributed by atoms with Crippen LogP contribution in [0, 0.1) is 29.1 Å². The Labute approximate surface area is 184 Å². The summed E-state index contributed by atoms with van der Waals surface area (Å²) in [5.41, 5.74) is 2.63. The third-order valence-electron chi connectivity index (χ3n) is 6.74. The van der Waals surface area contributed by atoms with Crippen molar-refractivity contribution in [3.63, 3.8) is 0 Å². The molecule has 1 saturated carbocycles. The van der Waals surface area contributed by atoms with Crippen LogP contribution in [0.1, 0.15) is 31.5 Å². The van der Waals surface area contributed by atoms with Gasteiger partial charge in [-0.15, -0.1) is 0 Å². The number of nitrogens with zero attached hydrogens (tertiary/aromatic N) is 2. The summed E-state index contributed by atoms with van der Waals surface area (Å²) in [6.45, 7) is 3.10. The minimum Gasteiger partial charge on any atom is -0.461 e. The molecule has 0 spiro atoms. The lowest BCUT2D eigenvalue weighted by molar-refractivity contribution is -0.172. The van der Waals surface area contributed by atoms with E-state index in [9.17, 15) is 24.0 Å². The molecule has 2 heterocycles. The van der Waals surface area contributed by atoms with E-state index in [4.69, 9.17) is 4.74 Å². The molecule has 8 heteroatoms. The van der Waals surface area contributed by atoms with Crippen molar-refractivity contribution in [2.75, 3.05) is 0 Å². The molecular formula is C24H23F2N3O3. The summed E-state index contributed by atoms with van der Waals surface area (Å²) in [5.74, 6) is -6.50. The van der Waals surface area contributed by atoms with Crippen LogP contribution in [0.25, 0.3) is 17.2 Å². The van der Waals surface area contributed by atoms with Crippen LogP contribution >= 0.6 is 0 Å². The van der Waals surface area contributed by atoms with Crippen LogP contribution in [-0.4, -0.2) is 33.7 Å². The number of hydroxylamine groups is 1. The number of rotatable bonds is 4. The van der Waals surface area contributed by atoms with Crippen molar-refractivity contribution in [2.45, 2.75) is 37.8 Å². The molecule has 1 aromatic carbocycles. The van der Waals surface area contributed by atoms with Gasteiger partial charge in [-0.05, 0) is 31.1 Å². The SMILES string of the molecule is C[C@H]1OC(=O)[C@]2(NO)CC(F)(F)[C@@H](C)[C@H](C=Cc3ccc(-c4ccccc4C#N)cn3)[C@H]12. The molecule has 32 heavy (non-hydrogen) atoms. The molecule has 0 amide bonds. The lowest BCUT2D eigenvalue weighted by atomic mass is 9.61. The number of fused-ring (bicyclic) bond motifs is 1. The van der Waals surface area contributed by atoms with E-state index in [-0.39, 0.29) is 0 Å². The van der Waals surface area contributed by atoms with Crippen LogP contribution in [0.5, 0.6) is 0 Å². The maximum atomic E-state index is 14.8. The van der Waals surface area contributed by atoms with Gasteiger partial charge in [-0.1, -0.05) is 37.3 Å². The minimum absolute atomic E-state index is 0.531. The number of nitrogens with one attached hydrogen (secondary N) is 1. The highest BCUT2D eigenvalue weighted by Gasteiger charge is 2.68. The Morgan fingerprint density at radius 3 is 2.69 bits per heavy atom. The molecule has 1 aliphatic carbocycles. The standard InChI is InChI=1S/C24H23F2N3O3/c1-14-19(21-15(2)32-22(30)23(21,29-31)13-24(14,25)26)10-9-18-8-7-17(12-28-18)20-6-4-3-5-16(20)11-27/h3-10,12,14-15,19,21,29,31H,13H2,1-2H3/t14-,15+,19-,21-,23-/m0/s1. The van der Waals surface area contributed by atoms with Crippen LogP contribution in [-0.2, 0) is 9.53 Å². The topological polar surface area (TPSA) is 95.2 Å². The first-order chi connectivity index (χ1) is 15.2. The fraction of sp³-hybridized carbons (Fsp3) is 0.375. The number of ether oxygens (including phenoxy) is 1. The van der Waals surface area contributed by atoms with Gasteiger partial charge in [0.05, 0.1) is 17.3 Å². The number of hydrogen-bond donors (Lipinski definition) is 2. The number of cyclic esters (lactones) is 1. The molecule has 0 unspecified atom stereocenters. The number of allylic oxidation sites excluding steroid dienone is 1. The highest BCUT2D eigenvalue weighted by Crippen LogP contribution is 2.54. The number of benzene rings is 1. The molecule has 2 N–H and O–H groups in total. The molecule has 0 bridgehead atoms. The van der Waals surface area contributed by atoms with Gasteiger partial charge in [-0.25, -0.2) is 13.6 Å². The first-order valence-electron chi connectivity index (χ1n) is 10.4. The quantitative estimate of drug-likeness (QED) is 0.548. The van der Waals surface area contributed by atoms with Gasteiger partial charge < -0.3 is 9.94 Å². The van der Waals surface area contributed by atoms with Gasteiger partial charge in [-0.3, -0.25) is 4.98 Å². The zero-order valence-corrected chi connectivity index (χ0v) is 17.6. The van der Waals surface area contributed by atoms with E-state index in [1.165, 1.54) is 6.92 Å². The summed E-state index contributed by atoms with van der Waals surface area (Å²) in [4.78, 5) is 16.8. The number of carbonyl (C=O) groups excluding carboxylic acids is 1. The predicted octanol–water partition coefficient (Wildman–Crippen LogP) is 4.20. The Morgan fingerprint density at radius 2 is 2.03 bits per heavy atom. The summed E-state index contributed by atoms with van der Waals surface area (Å²) < 4.78 is 34.9. The largest absolute Gasteiger partial charge is 0.461 e. The van der Waals surface area contributed by atoms with E-state index in [0.717, 1.165) is 11.1 Å². The minimum atomic E-state index is -3.18. The fourth-order valence-electron chi connectivity index (χ4n) is 4.99. The second-order valence-corrected chi connectivity index (χ2v) is 8.51. The van der Waals surface area contributed by atoms with Crippen molar-refractivity contribution >= 4 is 12.0 Å². The Bertz CT molecular complexity index is 1100. The monoisotopic (exact) mass is 439 g/mol. The molecule has 6 nitrogen and oxygen atoms in total. The van der Waals surface area contributed by atoms with E-state index < -0.39 is 47.7 Å². The molecule has 2 fully saturated rings. The third kappa shape index (κ3) is 3.48. The van der Waals surface area contributed by atoms with Crippen molar-refractivity contribution in [3.05, 3.63) is 59.9 Å². The first-order valence-corrected chi connectivity index (χ1v) is 10.4. The number of esters is 1. The second kappa shape index (κ2) is 8.08. The highest BCUT2D eigenvalue weighted by atomic mass is 19.3. The van der Waals surface area contributed by atoms with Gasteiger partial charge in [0.1, 0.15) is 6.10 Å². The van der Waals surface area contributed by atoms with Gasteiger partial charge in [-0.2, -0.15) is 10.7 Å². The smallest absolute Gasteiger partial charge is 0.329 e. The van der Waals surface area contributed by atoms with E-state index in [0.29, 0.717) is 11.3 Å². The molecule has 2 aromatic rings. The van der Waals surface area contributed by atoms with E-state index >= 15 is 0 Å². The molecule has 0 radical (unpaired) electrons. The molecule has 1 saturated heterocycles. The predicted molar refractivity (Wildman–Crippen MR) is 112 cm³/mol. The van der Waals surface area contributed by atoms with Gasteiger partial charge >= 0.3 is 5.97 Å². The van der Waals surface area contributed by atoms with Crippen molar-refractivity contribution in [1.29, 1.82) is 5.26 Å². The Hall–Kier alpha value is -3.15. The van der Waals surface area contributed by atoms with Crippen molar-refractivity contribution < 1.29 is 23.5 Å². The maximum Gasteiger partial charge on any atom is 0.329 e. The number of pyridine rings is 1. The van der Waals surface area contributed by atoms with Crippen molar-refractivity contribution in [1.82, 2.24) is 10.5 Å². The van der Waals surface area contributed by atoms with Crippen LogP contribution in [0.2, 0.25) is 0 Å². The van der Waals surface area contributed by atoms with E-state index in [1.807, 2.05) is 23.7 Å². The molecule has 4 rings (SSSR count). The van der Waals surface area contributed by atoms with Crippen molar-refractivity contribution in [2.24, 2.45) is 17.8 Å². The lowest BCUT2D eigenvalue weighted by Gasteiger charge is -2.46. The van der Waals surface area contributed by atoms with Crippen LogP contribution in [0.3, 0.4) is 0 Å². The molecule has 1 aromatic heterocycles. The zero-order valence-electron chi connectivity index (χ0n) is 17.6. The summed E-state index contributed by atoms with van der Waals surface area (Å²) in [7, 11) is 0. The average molecular weight is 439 g/mol. The molecular weight excluding hydrogens is 416 g/mol. The van der Waals surface area contributed by atoms with Crippen LogP contribution < -0.4 is 5.48 Å². The number of alkyl halides is 2. The number of aromatic nitrogens is 1. The van der Waals surface area contributed by atoms with E-state index in [1.54, 1.807) is 43.5 Å². The normalized spacial score (nSPS) is 31.2. The third-order valence-corrected chi connectivity index (χ3v) is 6.74. The summed E-state index contributed by atoms with van der Waals surface area (Å²) >= 11 is 0. The van der Waals surface area contributed by atoms with Gasteiger partial charge in [0, 0.05) is 35.6 Å². The highest BCUT2D eigenvalue weighted by molar-refractivity contribution is 5.84. The molecule has 1 aliphatic heterocycles. The zero-order chi connectivity index (χ0) is 23.1. The number of carbonyl (C=O) groups is 1. The first kappa shape index (κ1) is 22.1. The summed E-state index contributed by atoms with van der Waals surface area (Å²) in [6, 6.07) is 12.9. The Balaban J connectivity index is 1.64. The number of nitriles is 1. The van der Waals surface area contributed by atoms with Crippen LogP contribution in [0.15, 0.2) is 48.7 Å². The van der Waals surface area contributed by atoms with E-state index in [2.05, 4.69) is 11.1 Å². The second-order valence-electron chi connectivity index (χ2n) is 8.51. The summed E-state index contributed by atoms with van der Waals surface area (Å²) in [6.07, 6.45) is 3.44.